The second kappa shape index (κ2) is 11.8. The van der Waals surface area contributed by atoms with Gasteiger partial charge in [-0.05, 0) is 51.3 Å². The molecule has 6 heteroatoms. The van der Waals surface area contributed by atoms with Gasteiger partial charge < -0.3 is 10.1 Å². The van der Waals surface area contributed by atoms with Crippen LogP contribution in [0.25, 0.3) is 0 Å². The minimum Gasteiger partial charge on any atom is -0.498 e. The van der Waals surface area contributed by atoms with Crippen molar-refractivity contribution in [2.24, 2.45) is 0 Å². The Morgan fingerprint density at radius 3 is 2.50 bits per heavy atom. The highest BCUT2D eigenvalue weighted by Crippen LogP contribution is 2.44. The topological polar surface area (TPSA) is 24.5 Å². The highest BCUT2D eigenvalue weighted by molar-refractivity contribution is 14.2. The highest BCUT2D eigenvalue weighted by Gasteiger charge is 2.39. The first-order valence-electron chi connectivity index (χ1n) is 10.7. The van der Waals surface area contributed by atoms with Crippen molar-refractivity contribution in [2.75, 3.05) is 13.2 Å². The molecule has 1 saturated heterocycles. The fourth-order valence-electron chi connectivity index (χ4n) is 4.25. The molecule has 2 aromatic rings. The molecule has 2 aliphatic rings. The van der Waals surface area contributed by atoms with Gasteiger partial charge in [0.2, 0.25) is 0 Å². The highest BCUT2D eigenvalue weighted by atomic mass is 127. The van der Waals surface area contributed by atoms with Gasteiger partial charge in [0, 0.05) is 57.3 Å². The number of fused-ring (bicyclic) bond motifs is 1. The molecule has 0 aromatic heterocycles. The summed E-state index contributed by atoms with van der Waals surface area (Å²) in [5.74, 6) is 1.17. The van der Waals surface area contributed by atoms with E-state index in [9.17, 15) is 0 Å². The van der Waals surface area contributed by atoms with Crippen LogP contribution in [0.1, 0.15) is 56.8 Å². The van der Waals surface area contributed by atoms with Crippen molar-refractivity contribution >= 4 is 41.9 Å². The quantitative estimate of drug-likeness (QED) is 0.304. The number of hydrogen-bond donors (Lipinski definition) is 1. The normalized spacial score (nSPS) is 24.0. The van der Waals surface area contributed by atoms with E-state index in [-0.39, 0.29) is 6.04 Å². The summed E-state index contributed by atoms with van der Waals surface area (Å²) in [6.07, 6.45) is 1.91. The van der Waals surface area contributed by atoms with Crippen LogP contribution in [0, 0.1) is 0 Å². The molecule has 2 aliphatic heterocycles. The van der Waals surface area contributed by atoms with E-state index in [1.165, 1.54) is 22.5 Å². The van der Waals surface area contributed by atoms with E-state index in [1.807, 2.05) is 26.0 Å². The van der Waals surface area contributed by atoms with Gasteiger partial charge >= 0.3 is 0 Å². The zero-order valence-electron chi connectivity index (χ0n) is 17.8. The number of hydrogen-bond acceptors (Lipinski definition) is 4. The largest absolute Gasteiger partial charge is 0.498 e. The Bertz CT molecular complexity index is 848. The van der Waals surface area contributed by atoms with Crippen LogP contribution >= 0.6 is 41.9 Å². The molecule has 1 fully saturated rings. The van der Waals surface area contributed by atoms with Gasteiger partial charge in [-0.25, -0.2) is 4.31 Å². The Kier molecular flexibility index (Phi) is 9.38. The molecule has 2 heterocycles. The van der Waals surface area contributed by atoms with Crippen molar-refractivity contribution in [2.45, 2.75) is 51.7 Å². The van der Waals surface area contributed by atoms with E-state index < -0.39 is 0 Å². The van der Waals surface area contributed by atoms with Gasteiger partial charge in [0.15, 0.2) is 0 Å². The van der Waals surface area contributed by atoms with Crippen LogP contribution in [0.5, 0.6) is 0 Å². The molecule has 0 amide bonds. The van der Waals surface area contributed by atoms with Crippen LogP contribution in [0.15, 0.2) is 65.9 Å². The SMILES string of the molecule is CC.CCOC1=C2CN(SI)C(c3cccc(Cl)c3)CC2NC(c2ccccc2)C1. The molecule has 0 radical (unpaired) electrons. The molecule has 3 unspecified atom stereocenters. The van der Waals surface area contributed by atoms with Crippen molar-refractivity contribution in [3.05, 3.63) is 82.1 Å². The third-order valence-corrected chi connectivity index (χ3v) is 7.86. The Hall–Kier alpha value is -0.730. The number of piperidine rings is 1. The predicted octanol–water partition coefficient (Wildman–Crippen LogP) is 7.51. The van der Waals surface area contributed by atoms with Crippen LogP contribution < -0.4 is 5.32 Å². The van der Waals surface area contributed by atoms with E-state index in [2.05, 4.69) is 80.2 Å². The molecular weight excluding hydrogens is 527 g/mol. The summed E-state index contributed by atoms with van der Waals surface area (Å²) in [6.45, 7) is 7.69. The molecule has 3 atom stereocenters. The lowest BCUT2D eigenvalue weighted by Crippen LogP contribution is -2.48. The fraction of sp³-hybridized carbons (Fsp3) is 0.417. The van der Waals surface area contributed by atoms with E-state index >= 15 is 0 Å². The molecule has 30 heavy (non-hydrogen) atoms. The van der Waals surface area contributed by atoms with Crippen LogP contribution in [0.3, 0.4) is 0 Å². The first-order valence-corrected chi connectivity index (χ1v) is 14.4. The molecule has 0 aliphatic carbocycles. The van der Waals surface area contributed by atoms with Crippen LogP contribution in [-0.2, 0) is 4.74 Å². The third kappa shape index (κ3) is 5.54. The number of rotatable bonds is 5. The van der Waals surface area contributed by atoms with Crippen LogP contribution in [0.2, 0.25) is 5.02 Å². The second-order valence-corrected chi connectivity index (χ2v) is 9.44. The number of ether oxygens (including phenoxy) is 1. The molecule has 0 spiro atoms. The van der Waals surface area contributed by atoms with E-state index in [0.717, 1.165) is 24.4 Å². The maximum atomic E-state index is 6.29. The lowest BCUT2D eigenvalue weighted by Gasteiger charge is -2.44. The molecule has 0 saturated carbocycles. The molecule has 4 rings (SSSR count). The van der Waals surface area contributed by atoms with Crippen molar-refractivity contribution in [3.63, 3.8) is 0 Å². The minimum atomic E-state index is 0.287. The molecule has 1 N–H and O–H groups in total. The summed E-state index contributed by atoms with van der Waals surface area (Å²) >= 11 is 8.68. The van der Waals surface area contributed by atoms with Gasteiger partial charge in [-0.15, -0.1) is 0 Å². The van der Waals surface area contributed by atoms with Crippen molar-refractivity contribution in [1.82, 2.24) is 9.62 Å². The van der Waals surface area contributed by atoms with Gasteiger partial charge in [-0.1, -0.05) is 67.9 Å². The number of halogens is 2. The number of benzene rings is 2. The number of nitrogens with zero attached hydrogens (tertiary/aromatic N) is 1. The summed E-state index contributed by atoms with van der Waals surface area (Å²) in [5, 5.41) is 4.71. The first-order chi connectivity index (χ1) is 14.7. The smallest absolute Gasteiger partial charge is 0.0999 e. The monoisotopic (exact) mass is 556 g/mol. The van der Waals surface area contributed by atoms with Gasteiger partial charge in [0.25, 0.3) is 0 Å². The Morgan fingerprint density at radius 1 is 1.10 bits per heavy atom. The van der Waals surface area contributed by atoms with Gasteiger partial charge in [0.1, 0.15) is 0 Å². The van der Waals surface area contributed by atoms with E-state index in [0.29, 0.717) is 18.7 Å². The predicted molar refractivity (Wildman–Crippen MR) is 138 cm³/mol. The molecule has 3 nitrogen and oxygen atoms in total. The van der Waals surface area contributed by atoms with Gasteiger partial charge in [-0.2, -0.15) is 0 Å². The van der Waals surface area contributed by atoms with Crippen molar-refractivity contribution in [3.8, 4) is 0 Å². The Labute approximate surface area is 202 Å². The Morgan fingerprint density at radius 2 is 1.83 bits per heavy atom. The maximum absolute atomic E-state index is 6.29. The summed E-state index contributed by atoms with van der Waals surface area (Å²) in [6, 6.07) is 19.9. The second-order valence-electron chi connectivity index (χ2n) is 7.22. The van der Waals surface area contributed by atoms with E-state index in [1.54, 1.807) is 9.12 Å². The molecule has 2 aromatic carbocycles. The lowest BCUT2D eigenvalue weighted by molar-refractivity contribution is 0.167. The fourth-order valence-corrected chi connectivity index (χ4v) is 6.19. The molecular formula is C24H30ClIN2OS. The van der Waals surface area contributed by atoms with Crippen LogP contribution in [-0.4, -0.2) is 23.5 Å². The standard InChI is InChI=1S/C22H24ClIN2OS.C2H6/c1-2-27-22-13-19(15-7-4-3-5-8-15)25-20-12-21(26(28-24)14-18(20)22)16-9-6-10-17(23)11-16;1-2/h3-11,19-21,25H,2,12-14H2,1H3;1-2H3. The van der Waals surface area contributed by atoms with Crippen molar-refractivity contribution in [1.29, 1.82) is 0 Å². The van der Waals surface area contributed by atoms with Gasteiger partial charge in [-0.3, -0.25) is 0 Å². The van der Waals surface area contributed by atoms with Gasteiger partial charge in [0.05, 0.1) is 12.4 Å². The minimum absolute atomic E-state index is 0.287. The van der Waals surface area contributed by atoms with Crippen LogP contribution in [0.4, 0.5) is 0 Å². The van der Waals surface area contributed by atoms with E-state index in [4.69, 9.17) is 16.3 Å². The number of nitrogens with one attached hydrogen (secondary N) is 1. The summed E-state index contributed by atoms with van der Waals surface area (Å²) in [7, 11) is 1.77. The zero-order chi connectivity index (χ0) is 21.5. The average molecular weight is 557 g/mol. The zero-order valence-corrected chi connectivity index (χ0v) is 21.5. The summed E-state index contributed by atoms with van der Waals surface area (Å²) in [5.41, 5.74) is 4.00. The average Bonchev–Trinajstić information content (AvgIpc) is 2.80. The Balaban J connectivity index is 0.00000124. The van der Waals surface area contributed by atoms with Crippen molar-refractivity contribution < 1.29 is 4.74 Å². The summed E-state index contributed by atoms with van der Waals surface area (Å²) in [4.78, 5) is 0. The molecule has 162 valence electrons. The first kappa shape index (κ1) is 23.9. The third-order valence-electron chi connectivity index (χ3n) is 5.55. The summed E-state index contributed by atoms with van der Waals surface area (Å²) < 4.78 is 8.58. The maximum Gasteiger partial charge on any atom is 0.0999 e. The molecule has 0 bridgehead atoms. The lowest BCUT2D eigenvalue weighted by atomic mass is 9.84.